The third-order valence-corrected chi connectivity index (χ3v) is 4.99. The highest BCUT2D eigenvalue weighted by molar-refractivity contribution is 7.87. The molecule has 0 saturated carbocycles. The zero-order valence-corrected chi connectivity index (χ0v) is 15.0. The van der Waals surface area contributed by atoms with Crippen molar-refractivity contribution in [2.75, 3.05) is 37.6 Å². The highest BCUT2D eigenvalue weighted by Crippen LogP contribution is 2.31. The molecule has 134 valence electrons. The molecule has 1 heterocycles. The first-order chi connectivity index (χ1) is 11.4. The van der Waals surface area contributed by atoms with Gasteiger partial charge in [-0.25, -0.2) is 4.31 Å². The van der Waals surface area contributed by atoms with E-state index in [0.29, 0.717) is 25.3 Å². The van der Waals surface area contributed by atoms with Crippen LogP contribution in [0.25, 0.3) is 0 Å². The van der Waals surface area contributed by atoms with Gasteiger partial charge in [-0.2, -0.15) is 8.42 Å². The van der Waals surface area contributed by atoms with Crippen molar-refractivity contribution in [3.8, 4) is 5.75 Å². The molecule has 0 bridgehead atoms. The van der Waals surface area contributed by atoms with E-state index in [2.05, 4.69) is 18.5 Å². The Balaban J connectivity index is 1.87. The molecule has 0 aromatic heterocycles. The lowest BCUT2D eigenvalue weighted by atomic mass is 10.0. The first kappa shape index (κ1) is 18.8. The van der Waals surface area contributed by atoms with Crippen molar-refractivity contribution in [2.45, 2.75) is 25.7 Å². The highest BCUT2D eigenvalue weighted by Gasteiger charge is 2.25. The van der Waals surface area contributed by atoms with Crippen molar-refractivity contribution in [1.82, 2.24) is 4.90 Å². The van der Waals surface area contributed by atoms with Crippen LogP contribution in [0.2, 0.25) is 0 Å². The van der Waals surface area contributed by atoms with Gasteiger partial charge >= 0.3 is 10.3 Å². The number of benzene rings is 1. The fourth-order valence-electron chi connectivity index (χ4n) is 2.85. The minimum Gasteiger partial charge on any atom is -0.494 e. The fraction of sp³-hybridized carbons (Fsp3) is 0.529. The number of anilines is 1. The maximum Gasteiger partial charge on any atom is 0.359 e. The van der Waals surface area contributed by atoms with Gasteiger partial charge in [0.15, 0.2) is 0 Å². The molecule has 7 heteroatoms. The number of fused-ring (bicyclic) bond motifs is 1. The number of aryl methyl sites for hydroxylation is 1. The number of ether oxygens (including phenoxy) is 1. The van der Waals surface area contributed by atoms with E-state index in [-0.39, 0.29) is 0 Å². The smallest absolute Gasteiger partial charge is 0.359 e. The average molecular weight is 354 g/mol. The minimum absolute atomic E-state index is 0.310. The van der Waals surface area contributed by atoms with E-state index in [0.717, 1.165) is 48.0 Å². The van der Waals surface area contributed by atoms with Crippen LogP contribution in [-0.4, -0.2) is 51.2 Å². The van der Waals surface area contributed by atoms with Crippen LogP contribution < -0.4 is 9.04 Å². The van der Waals surface area contributed by atoms with Crippen molar-refractivity contribution >= 4 is 16.0 Å². The van der Waals surface area contributed by atoms with Crippen LogP contribution in [0.3, 0.4) is 0 Å². The van der Waals surface area contributed by atoms with Gasteiger partial charge < -0.3 is 9.64 Å². The molecular formula is C17H26N2O4S. The monoisotopic (exact) mass is 354 g/mol. The van der Waals surface area contributed by atoms with Gasteiger partial charge in [-0.1, -0.05) is 6.08 Å². The topological polar surface area (TPSA) is 70.1 Å². The molecular weight excluding hydrogens is 328 g/mol. The minimum atomic E-state index is -4.21. The normalized spacial score (nSPS) is 14.5. The van der Waals surface area contributed by atoms with E-state index in [1.807, 2.05) is 12.1 Å². The van der Waals surface area contributed by atoms with Crippen molar-refractivity contribution in [3.63, 3.8) is 0 Å². The summed E-state index contributed by atoms with van der Waals surface area (Å²) in [6.07, 6.45) is 5.36. The molecule has 1 N–H and O–H groups in total. The van der Waals surface area contributed by atoms with E-state index in [1.165, 1.54) is 0 Å². The second-order valence-corrected chi connectivity index (χ2v) is 7.39. The van der Waals surface area contributed by atoms with Crippen LogP contribution in [0.1, 0.15) is 24.8 Å². The summed E-state index contributed by atoms with van der Waals surface area (Å²) in [6, 6.07) is 5.33. The Hall–Kier alpha value is -1.57. The first-order valence-corrected chi connectivity index (χ1v) is 9.62. The van der Waals surface area contributed by atoms with E-state index >= 15 is 0 Å². The second kappa shape index (κ2) is 8.50. The summed E-state index contributed by atoms with van der Waals surface area (Å²) in [5, 5.41) is 0. The number of likely N-dealkylation sites (N-methyl/N-ethyl adjacent to an activating group) is 1. The maximum atomic E-state index is 11.4. The molecule has 24 heavy (non-hydrogen) atoms. The number of hydrogen-bond donors (Lipinski definition) is 1. The molecule has 0 atom stereocenters. The SMILES string of the molecule is C=CCN(C)CCCCOc1ccc2c(c1)CCCN2S(=O)(=O)O. The van der Waals surface area contributed by atoms with E-state index in [4.69, 9.17) is 4.74 Å². The van der Waals surface area contributed by atoms with Gasteiger partial charge in [-0.3, -0.25) is 4.55 Å². The molecule has 1 aliphatic heterocycles. The Bertz CT molecular complexity index is 661. The van der Waals surface area contributed by atoms with E-state index in [9.17, 15) is 13.0 Å². The standard InChI is InChI=1S/C17H26N2O4S/c1-3-10-18(2)11-4-5-13-23-16-8-9-17-15(14-16)7-6-12-19(17)24(20,21)22/h3,8-9,14H,1,4-7,10-13H2,2H3,(H,20,21,22). The lowest BCUT2D eigenvalue weighted by Crippen LogP contribution is -2.34. The van der Waals surface area contributed by atoms with Gasteiger partial charge in [0.05, 0.1) is 12.3 Å². The predicted molar refractivity (Wildman–Crippen MR) is 96.1 cm³/mol. The fourth-order valence-corrected chi connectivity index (χ4v) is 3.64. The third-order valence-electron chi connectivity index (χ3n) is 4.05. The Morgan fingerprint density at radius 3 is 2.92 bits per heavy atom. The molecule has 1 aliphatic rings. The maximum absolute atomic E-state index is 11.4. The summed E-state index contributed by atoms with van der Waals surface area (Å²) >= 11 is 0. The Morgan fingerprint density at radius 2 is 2.21 bits per heavy atom. The quantitative estimate of drug-likeness (QED) is 0.419. The zero-order valence-electron chi connectivity index (χ0n) is 14.1. The number of hydrogen-bond acceptors (Lipinski definition) is 4. The van der Waals surface area contributed by atoms with Gasteiger partial charge in [0, 0.05) is 13.1 Å². The van der Waals surface area contributed by atoms with E-state index in [1.54, 1.807) is 12.1 Å². The molecule has 0 fully saturated rings. The summed E-state index contributed by atoms with van der Waals surface area (Å²) in [7, 11) is -2.15. The molecule has 1 aromatic carbocycles. The summed E-state index contributed by atoms with van der Waals surface area (Å²) in [4.78, 5) is 2.20. The van der Waals surface area contributed by atoms with Crippen LogP contribution in [-0.2, 0) is 16.7 Å². The summed E-state index contributed by atoms with van der Waals surface area (Å²) in [5.41, 5.74) is 1.43. The third kappa shape index (κ3) is 5.22. The summed E-state index contributed by atoms with van der Waals surface area (Å²) < 4.78 is 39.0. The summed E-state index contributed by atoms with van der Waals surface area (Å²) in [6.45, 7) is 6.54. The van der Waals surface area contributed by atoms with Crippen LogP contribution >= 0.6 is 0 Å². The molecule has 6 nitrogen and oxygen atoms in total. The molecule has 0 spiro atoms. The van der Waals surface area contributed by atoms with Crippen LogP contribution in [0, 0.1) is 0 Å². The molecule has 1 aromatic rings. The number of nitrogens with zero attached hydrogens (tertiary/aromatic N) is 2. The van der Waals surface area contributed by atoms with Crippen molar-refractivity contribution in [1.29, 1.82) is 0 Å². The Kier molecular flexibility index (Phi) is 6.65. The molecule has 0 unspecified atom stereocenters. The van der Waals surface area contributed by atoms with Gasteiger partial charge in [-0.05, 0) is 63.0 Å². The van der Waals surface area contributed by atoms with Gasteiger partial charge in [0.25, 0.3) is 0 Å². The largest absolute Gasteiger partial charge is 0.494 e. The molecule has 0 saturated heterocycles. The number of rotatable bonds is 9. The molecule has 0 radical (unpaired) electrons. The predicted octanol–water partition coefficient (Wildman–Crippen LogP) is 2.52. The Morgan fingerprint density at radius 1 is 1.42 bits per heavy atom. The van der Waals surface area contributed by atoms with Crippen LogP contribution in [0.4, 0.5) is 5.69 Å². The van der Waals surface area contributed by atoms with Crippen molar-refractivity contribution in [2.24, 2.45) is 0 Å². The lowest BCUT2D eigenvalue weighted by molar-refractivity contribution is 0.287. The van der Waals surface area contributed by atoms with Crippen LogP contribution in [0.15, 0.2) is 30.9 Å². The molecule has 0 amide bonds. The lowest BCUT2D eigenvalue weighted by Gasteiger charge is -2.28. The second-order valence-electron chi connectivity index (χ2n) is 6.05. The first-order valence-electron chi connectivity index (χ1n) is 8.22. The zero-order chi connectivity index (χ0) is 17.6. The number of unbranched alkanes of at least 4 members (excludes halogenated alkanes) is 1. The van der Waals surface area contributed by atoms with Gasteiger partial charge in [0.2, 0.25) is 0 Å². The highest BCUT2D eigenvalue weighted by atomic mass is 32.2. The van der Waals surface area contributed by atoms with Crippen molar-refractivity contribution < 1.29 is 17.7 Å². The Labute approximate surface area is 144 Å². The van der Waals surface area contributed by atoms with Gasteiger partial charge in [0.1, 0.15) is 5.75 Å². The molecule has 2 rings (SSSR count). The van der Waals surface area contributed by atoms with E-state index < -0.39 is 10.3 Å². The molecule has 0 aliphatic carbocycles. The van der Waals surface area contributed by atoms with Crippen LogP contribution in [0.5, 0.6) is 5.75 Å². The summed E-state index contributed by atoms with van der Waals surface area (Å²) in [5.74, 6) is 0.741. The van der Waals surface area contributed by atoms with Crippen molar-refractivity contribution in [3.05, 3.63) is 36.4 Å². The average Bonchev–Trinajstić information content (AvgIpc) is 2.53. The van der Waals surface area contributed by atoms with Gasteiger partial charge in [-0.15, -0.1) is 6.58 Å².